The van der Waals surface area contributed by atoms with Crippen LogP contribution in [-0.4, -0.2) is 21.4 Å². The monoisotopic (exact) mass is 326 g/mol. The molecule has 1 aliphatic rings. The van der Waals surface area contributed by atoms with Gasteiger partial charge in [-0.15, -0.1) is 0 Å². The Kier molecular flexibility index (Phi) is 3.26. The molecule has 0 bridgehead atoms. The van der Waals surface area contributed by atoms with Crippen molar-refractivity contribution in [1.82, 2.24) is 0 Å². The van der Waals surface area contributed by atoms with Crippen LogP contribution >= 0.6 is 0 Å². The Labute approximate surface area is 135 Å². The third-order valence-electron chi connectivity index (χ3n) is 4.09. The molecule has 0 saturated carbocycles. The van der Waals surface area contributed by atoms with Crippen LogP contribution in [0.4, 0.5) is 11.4 Å². The first kappa shape index (κ1) is 15.5. The second-order valence-electron chi connectivity index (χ2n) is 5.48. The molecule has 0 radical (unpaired) electrons. The highest BCUT2D eigenvalue weighted by Gasteiger charge is 2.41. The number of rotatable bonds is 2. The Balaban J connectivity index is 2.47. The lowest BCUT2D eigenvalue weighted by Gasteiger charge is -2.20. The van der Waals surface area contributed by atoms with Gasteiger partial charge in [0.2, 0.25) is 11.6 Å². The van der Waals surface area contributed by atoms with Crippen LogP contribution in [0.1, 0.15) is 43.0 Å². The highest BCUT2D eigenvalue weighted by molar-refractivity contribution is 6.31. The maximum absolute atomic E-state index is 12.8. The molecule has 8 heteroatoms. The van der Waals surface area contributed by atoms with Gasteiger partial charge in [-0.3, -0.25) is 29.8 Å². The minimum absolute atomic E-state index is 0.143. The number of nitro benzene ring substituents is 2. The number of nitro groups is 2. The van der Waals surface area contributed by atoms with Gasteiger partial charge in [0.05, 0.1) is 9.85 Å². The van der Waals surface area contributed by atoms with E-state index in [1.165, 1.54) is 26.0 Å². The summed E-state index contributed by atoms with van der Waals surface area (Å²) in [5, 5.41) is 22.5. The molecule has 0 heterocycles. The zero-order chi connectivity index (χ0) is 17.8. The van der Waals surface area contributed by atoms with Crippen molar-refractivity contribution in [2.24, 2.45) is 0 Å². The average Bonchev–Trinajstić information content (AvgIpc) is 2.51. The Hall–Kier alpha value is -3.42. The van der Waals surface area contributed by atoms with Gasteiger partial charge >= 0.3 is 0 Å². The van der Waals surface area contributed by atoms with E-state index in [2.05, 4.69) is 0 Å². The molecule has 0 fully saturated rings. The zero-order valence-electron chi connectivity index (χ0n) is 12.7. The van der Waals surface area contributed by atoms with Gasteiger partial charge in [0, 0.05) is 23.3 Å². The van der Waals surface area contributed by atoms with Crippen LogP contribution in [0, 0.1) is 34.1 Å². The highest BCUT2D eigenvalue weighted by atomic mass is 16.6. The van der Waals surface area contributed by atoms with Gasteiger partial charge in [0.1, 0.15) is 11.1 Å². The smallest absolute Gasteiger partial charge is 0.281 e. The molecule has 0 spiro atoms. The molecule has 24 heavy (non-hydrogen) atoms. The Morgan fingerprint density at radius 1 is 0.667 bits per heavy atom. The number of nitrogens with zero attached hydrogens (tertiary/aromatic N) is 2. The summed E-state index contributed by atoms with van der Waals surface area (Å²) in [5.74, 6) is -1.48. The van der Waals surface area contributed by atoms with Crippen molar-refractivity contribution in [1.29, 1.82) is 0 Å². The van der Waals surface area contributed by atoms with E-state index in [-0.39, 0.29) is 22.3 Å². The van der Waals surface area contributed by atoms with Crippen LogP contribution in [0.2, 0.25) is 0 Å². The van der Waals surface area contributed by atoms with Gasteiger partial charge in [0.25, 0.3) is 11.4 Å². The summed E-state index contributed by atoms with van der Waals surface area (Å²) >= 11 is 0. The standard InChI is InChI=1S/C16H10N2O6/c1-7-3-5-9(17(21)22)13-11(7)15(19)14-10(18(23)24)6-4-8(2)12(14)16(13)20/h3-6H,1-2H3. The summed E-state index contributed by atoms with van der Waals surface area (Å²) < 4.78 is 0. The lowest BCUT2D eigenvalue weighted by atomic mass is 9.79. The molecule has 8 nitrogen and oxygen atoms in total. The summed E-state index contributed by atoms with van der Waals surface area (Å²) in [4.78, 5) is 46.7. The molecule has 2 aromatic rings. The number of ketones is 2. The van der Waals surface area contributed by atoms with E-state index in [1.54, 1.807) is 0 Å². The lowest BCUT2D eigenvalue weighted by molar-refractivity contribution is -0.385. The number of carbonyl (C=O) groups is 2. The minimum atomic E-state index is -0.740. The van der Waals surface area contributed by atoms with E-state index in [0.717, 1.165) is 12.1 Å². The predicted octanol–water partition coefficient (Wildman–Crippen LogP) is 2.90. The van der Waals surface area contributed by atoms with Crippen LogP contribution in [-0.2, 0) is 0 Å². The fourth-order valence-corrected chi connectivity index (χ4v) is 2.99. The minimum Gasteiger partial charge on any atom is -0.288 e. The first-order valence-electron chi connectivity index (χ1n) is 6.91. The van der Waals surface area contributed by atoms with E-state index in [1.807, 2.05) is 0 Å². The number of aryl methyl sites for hydroxylation is 2. The van der Waals surface area contributed by atoms with Crippen LogP contribution < -0.4 is 0 Å². The summed E-state index contributed by atoms with van der Waals surface area (Å²) in [6.45, 7) is 3.06. The molecular formula is C16H10N2O6. The molecule has 1 aliphatic carbocycles. The van der Waals surface area contributed by atoms with Gasteiger partial charge in [-0.05, 0) is 25.0 Å². The highest BCUT2D eigenvalue weighted by Crippen LogP contribution is 2.39. The topological polar surface area (TPSA) is 120 Å². The van der Waals surface area contributed by atoms with E-state index >= 15 is 0 Å². The number of fused-ring (bicyclic) bond motifs is 2. The van der Waals surface area contributed by atoms with Crippen LogP contribution in [0.25, 0.3) is 0 Å². The lowest BCUT2D eigenvalue weighted by Crippen LogP contribution is -2.25. The van der Waals surface area contributed by atoms with Crippen molar-refractivity contribution in [3.63, 3.8) is 0 Å². The summed E-state index contributed by atoms with van der Waals surface area (Å²) in [7, 11) is 0. The van der Waals surface area contributed by atoms with Crippen LogP contribution in [0.3, 0.4) is 0 Å². The third-order valence-corrected chi connectivity index (χ3v) is 4.09. The molecule has 0 saturated heterocycles. The molecule has 120 valence electrons. The van der Waals surface area contributed by atoms with E-state index in [0.29, 0.717) is 11.1 Å². The predicted molar refractivity (Wildman–Crippen MR) is 82.5 cm³/mol. The molecule has 0 aromatic heterocycles. The number of carbonyl (C=O) groups excluding carboxylic acids is 2. The molecule has 0 N–H and O–H groups in total. The largest absolute Gasteiger partial charge is 0.288 e. The first-order chi connectivity index (χ1) is 11.3. The summed E-state index contributed by atoms with van der Waals surface area (Å²) in [6.07, 6.45) is 0. The fourth-order valence-electron chi connectivity index (χ4n) is 2.99. The molecule has 0 unspecified atom stereocenters. The SMILES string of the molecule is Cc1ccc([N+](=O)[O-])c2c1C(=O)c1c([N+](=O)[O-])ccc(C)c1C2=O. The summed E-state index contributed by atoms with van der Waals surface area (Å²) in [6, 6.07) is 5.04. The maximum Gasteiger partial charge on any atom is 0.281 e. The quantitative estimate of drug-likeness (QED) is 0.527. The van der Waals surface area contributed by atoms with Crippen molar-refractivity contribution in [2.75, 3.05) is 0 Å². The molecule has 3 rings (SSSR count). The van der Waals surface area contributed by atoms with Gasteiger partial charge < -0.3 is 0 Å². The summed E-state index contributed by atoms with van der Waals surface area (Å²) in [5.41, 5.74) is -1.14. The second kappa shape index (κ2) is 5.05. The van der Waals surface area contributed by atoms with Crippen molar-refractivity contribution >= 4 is 22.9 Å². The van der Waals surface area contributed by atoms with Crippen LogP contribution in [0.5, 0.6) is 0 Å². The van der Waals surface area contributed by atoms with E-state index < -0.39 is 32.8 Å². The maximum atomic E-state index is 12.8. The fraction of sp³-hybridized carbons (Fsp3) is 0.125. The normalized spacial score (nSPS) is 12.6. The van der Waals surface area contributed by atoms with Crippen molar-refractivity contribution in [2.45, 2.75) is 13.8 Å². The van der Waals surface area contributed by atoms with Gasteiger partial charge in [0.15, 0.2) is 0 Å². The second-order valence-corrected chi connectivity index (χ2v) is 5.48. The van der Waals surface area contributed by atoms with Crippen molar-refractivity contribution < 1.29 is 19.4 Å². The zero-order valence-corrected chi connectivity index (χ0v) is 12.7. The Bertz CT molecular complexity index is 898. The number of benzene rings is 2. The molecule has 0 aliphatic heterocycles. The van der Waals surface area contributed by atoms with Gasteiger partial charge in [-0.2, -0.15) is 0 Å². The van der Waals surface area contributed by atoms with E-state index in [4.69, 9.17) is 0 Å². The van der Waals surface area contributed by atoms with Gasteiger partial charge in [-0.1, -0.05) is 12.1 Å². The average molecular weight is 326 g/mol. The number of hydrogen-bond acceptors (Lipinski definition) is 6. The van der Waals surface area contributed by atoms with Gasteiger partial charge in [-0.25, -0.2) is 0 Å². The molecule has 0 amide bonds. The first-order valence-corrected chi connectivity index (χ1v) is 6.91. The molecular weight excluding hydrogens is 316 g/mol. The Morgan fingerprint density at radius 2 is 1.00 bits per heavy atom. The Morgan fingerprint density at radius 3 is 1.29 bits per heavy atom. The molecule has 2 aromatic carbocycles. The van der Waals surface area contributed by atoms with Crippen LogP contribution in [0.15, 0.2) is 24.3 Å². The van der Waals surface area contributed by atoms with E-state index in [9.17, 15) is 29.8 Å². The number of hydrogen-bond donors (Lipinski definition) is 0. The third kappa shape index (κ3) is 1.93. The molecule has 0 atom stereocenters. The van der Waals surface area contributed by atoms with Crippen molar-refractivity contribution in [3.8, 4) is 0 Å². The van der Waals surface area contributed by atoms with Crippen molar-refractivity contribution in [3.05, 3.63) is 77.9 Å².